The quantitative estimate of drug-likeness (QED) is 0.405. The molecule has 130 valence electrons. The number of carboxylic acid groups (broad SMARTS) is 1. The van der Waals surface area contributed by atoms with Crippen molar-refractivity contribution in [3.05, 3.63) is 29.8 Å². The molecule has 0 aliphatic rings. The minimum atomic E-state index is -0.973. The summed E-state index contributed by atoms with van der Waals surface area (Å²) in [6.45, 7) is 4.00. The Morgan fingerprint density at radius 1 is 1.12 bits per heavy atom. The van der Waals surface area contributed by atoms with Crippen LogP contribution in [0.5, 0.6) is 0 Å². The molecule has 1 rings (SSSR count). The van der Waals surface area contributed by atoms with E-state index in [9.17, 15) is 10.1 Å². The van der Waals surface area contributed by atoms with E-state index in [-0.39, 0.29) is 5.56 Å². The average molecular weight is 329 g/mol. The molecule has 0 aliphatic heterocycles. The molecule has 0 saturated heterocycles. The fraction of sp³-hybridized carbons (Fsp3) is 0.579. The average Bonchev–Trinajstić information content (AvgIpc) is 2.59. The van der Waals surface area contributed by atoms with E-state index in [4.69, 9.17) is 5.11 Å². The van der Waals surface area contributed by atoms with Crippen molar-refractivity contribution in [3.8, 4) is 6.07 Å². The maximum Gasteiger partial charge on any atom is 0.335 e. The standard InChI is InChI=1S/C19H27N3O2/c1-3-4-5-6-7-8-9-14-19(2,15-20)22-21-17-12-10-16(11-13-17)18(23)24/h10-13H,3-9,14H2,1-2H3,(H,23,24). The normalized spacial score (nSPS) is 13.5. The van der Waals surface area contributed by atoms with E-state index >= 15 is 0 Å². The highest BCUT2D eigenvalue weighted by atomic mass is 16.4. The van der Waals surface area contributed by atoms with Crippen molar-refractivity contribution < 1.29 is 9.90 Å². The maximum atomic E-state index is 10.8. The summed E-state index contributed by atoms with van der Waals surface area (Å²) in [5, 5.41) is 26.5. The van der Waals surface area contributed by atoms with E-state index in [2.05, 4.69) is 23.2 Å². The predicted octanol–water partition coefficient (Wildman–Crippen LogP) is 5.89. The molecule has 5 heteroatoms. The molecule has 1 unspecified atom stereocenters. The first-order valence-electron chi connectivity index (χ1n) is 8.68. The number of rotatable bonds is 11. The second-order valence-electron chi connectivity index (χ2n) is 6.31. The predicted molar refractivity (Wildman–Crippen MR) is 94.5 cm³/mol. The summed E-state index contributed by atoms with van der Waals surface area (Å²) in [4.78, 5) is 10.8. The first kappa shape index (κ1) is 19.8. The molecule has 0 amide bonds. The molecule has 0 heterocycles. The molecule has 0 spiro atoms. The van der Waals surface area contributed by atoms with E-state index in [1.807, 2.05) is 0 Å². The van der Waals surface area contributed by atoms with Gasteiger partial charge in [0.25, 0.3) is 0 Å². The molecule has 1 aromatic carbocycles. The third-order valence-corrected chi connectivity index (χ3v) is 4.01. The van der Waals surface area contributed by atoms with Gasteiger partial charge in [-0.1, -0.05) is 45.4 Å². The van der Waals surface area contributed by atoms with E-state index in [0.717, 1.165) is 12.8 Å². The molecule has 24 heavy (non-hydrogen) atoms. The zero-order chi connectivity index (χ0) is 17.8. The Hall–Kier alpha value is -2.22. The third kappa shape index (κ3) is 7.36. The second-order valence-corrected chi connectivity index (χ2v) is 6.31. The van der Waals surface area contributed by atoms with Crippen LogP contribution in [-0.2, 0) is 0 Å². The van der Waals surface area contributed by atoms with Gasteiger partial charge in [-0.3, -0.25) is 0 Å². The number of nitrogens with zero attached hydrogens (tertiary/aromatic N) is 3. The van der Waals surface area contributed by atoms with Gasteiger partial charge in [-0.05, 0) is 44.0 Å². The van der Waals surface area contributed by atoms with E-state index in [1.54, 1.807) is 19.1 Å². The molecule has 0 aromatic heterocycles. The SMILES string of the molecule is CCCCCCCCCC(C)(C#N)N=Nc1ccc(C(=O)O)cc1. The molecule has 1 atom stereocenters. The molecule has 0 saturated carbocycles. The maximum absolute atomic E-state index is 10.8. The molecule has 0 bridgehead atoms. The first-order chi connectivity index (χ1) is 11.5. The minimum absolute atomic E-state index is 0.208. The van der Waals surface area contributed by atoms with Gasteiger partial charge in [0, 0.05) is 0 Å². The second kappa shape index (κ2) is 10.5. The summed E-state index contributed by atoms with van der Waals surface area (Å²) < 4.78 is 0. The van der Waals surface area contributed by atoms with Gasteiger partial charge >= 0.3 is 5.97 Å². The molecule has 0 aliphatic carbocycles. The van der Waals surface area contributed by atoms with Crippen LogP contribution in [0.15, 0.2) is 34.5 Å². The molecule has 5 nitrogen and oxygen atoms in total. The monoisotopic (exact) mass is 329 g/mol. The number of benzene rings is 1. The highest BCUT2D eigenvalue weighted by molar-refractivity contribution is 5.87. The Morgan fingerprint density at radius 2 is 1.71 bits per heavy atom. The number of hydrogen-bond acceptors (Lipinski definition) is 4. The molecule has 1 aromatic rings. The van der Waals surface area contributed by atoms with Crippen molar-refractivity contribution in [2.75, 3.05) is 0 Å². The lowest BCUT2D eigenvalue weighted by molar-refractivity contribution is 0.0697. The molecular weight excluding hydrogens is 302 g/mol. The Bertz CT molecular complexity index is 575. The van der Waals surface area contributed by atoms with Crippen LogP contribution in [0.2, 0.25) is 0 Å². The Kier molecular flexibility index (Phi) is 8.70. The van der Waals surface area contributed by atoms with Gasteiger partial charge < -0.3 is 5.11 Å². The Morgan fingerprint density at radius 3 is 2.25 bits per heavy atom. The molecule has 1 N–H and O–H groups in total. The number of unbranched alkanes of at least 4 members (excludes halogenated alkanes) is 6. The summed E-state index contributed by atoms with van der Waals surface area (Å²) >= 11 is 0. The van der Waals surface area contributed by atoms with Crippen molar-refractivity contribution in [3.63, 3.8) is 0 Å². The summed E-state index contributed by atoms with van der Waals surface area (Å²) in [5.74, 6) is -0.973. The fourth-order valence-corrected chi connectivity index (χ4v) is 2.39. The van der Waals surface area contributed by atoms with Crippen LogP contribution in [-0.4, -0.2) is 16.6 Å². The lowest BCUT2D eigenvalue weighted by Gasteiger charge is -2.14. The smallest absolute Gasteiger partial charge is 0.335 e. The third-order valence-electron chi connectivity index (χ3n) is 4.01. The zero-order valence-corrected chi connectivity index (χ0v) is 14.7. The van der Waals surface area contributed by atoms with Gasteiger partial charge in [0.05, 0.1) is 17.3 Å². The van der Waals surface area contributed by atoms with Crippen LogP contribution < -0.4 is 0 Å². The van der Waals surface area contributed by atoms with Gasteiger partial charge in [-0.15, -0.1) is 0 Å². The summed E-state index contributed by atoms with van der Waals surface area (Å²) in [5.41, 5.74) is -0.0596. The Balaban J connectivity index is 2.46. The van der Waals surface area contributed by atoms with Gasteiger partial charge in [-0.25, -0.2) is 4.79 Å². The lowest BCUT2D eigenvalue weighted by atomic mass is 9.96. The highest BCUT2D eigenvalue weighted by Crippen LogP contribution is 2.23. The molecule has 0 fully saturated rings. The number of hydrogen-bond donors (Lipinski definition) is 1. The van der Waals surface area contributed by atoms with Gasteiger partial charge in [-0.2, -0.15) is 15.5 Å². The summed E-state index contributed by atoms with van der Waals surface area (Å²) in [6.07, 6.45) is 9.07. The molecule has 0 radical (unpaired) electrons. The van der Waals surface area contributed by atoms with Crippen molar-refractivity contribution in [2.24, 2.45) is 10.2 Å². The largest absolute Gasteiger partial charge is 0.478 e. The van der Waals surface area contributed by atoms with Gasteiger partial charge in [0.1, 0.15) is 0 Å². The lowest BCUT2D eigenvalue weighted by Crippen LogP contribution is -2.18. The Labute approximate surface area is 144 Å². The highest BCUT2D eigenvalue weighted by Gasteiger charge is 2.22. The van der Waals surface area contributed by atoms with E-state index < -0.39 is 11.5 Å². The van der Waals surface area contributed by atoms with Gasteiger partial charge in [0.15, 0.2) is 5.54 Å². The first-order valence-corrected chi connectivity index (χ1v) is 8.68. The van der Waals surface area contributed by atoms with Crippen LogP contribution in [0.1, 0.15) is 75.6 Å². The number of nitriles is 1. The topological polar surface area (TPSA) is 85.8 Å². The van der Waals surface area contributed by atoms with Crippen LogP contribution in [0.25, 0.3) is 0 Å². The summed E-state index contributed by atoms with van der Waals surface area (Å²) in [6, 6.07) is 8.39. The zero-order valence-electron chi connectivity index (χ0n) is 14.7. The van der Waals surface area contributed by atoms with E-state index in [0.29, 0.717) is 12.1 Å². The summed E-state index contributed by atoms with van der Waals surface area (Å²) in [7, 11) is 0. The van der Waals surface area contributed by atoms with Crippen LogP contribution in [0, 0.1) is 11.3 Å². The van der Waals surface area contributed by atoms with Crippen molar-refractivity contribution in [2.45, 2.75) is 70.8 Å². The van der Waals surface area contributed by atoms with Crippen molar-refractivity contribution >= 4 is 11.7 Å². The molecular formula is C19H27N3O2. The number of aromatic carboxylic acids is 1. The van der Waals surface area contributed by atoms with Gasteiger partial charge in [0.2, 0.25) is 0 Å². The van der Waals surface area contributed by atoms with Crippen LogP contribution in [0.4, 0.5) is 5.69 Å². The number of azo groups is 1. The number of carbonyl (C=O) groups is 1. The minimum Gasteiger partial charge on any atom is -0.478 e. The number of carboxylic acids is 1. The fourth-order valence-electron chi connectivity index (χ4n) is 2.39. The van der Waals surface area contributed by atoms with E-state index in [1.165, 1.54) is 44.2 Å². The van der Waals surface area contributed by atoms with Crippen LogP contribution >= 0.6 is 0 Å². The van der Waals surface area contributed by atoms with Crippen molar-refractivity contribution in [1.29, 1.82) is 5.26 Å². The van der Waals surface area contributed by atoms with Crippen molar-refractivity contribution in [1.82, 2.24) is 0 Å². The van der Waals surface area contributed by atoms with Crippen LogP contribution in [0.3, 0.4) is 0 Å².